The Kier molecular flexibility index (Phi) is 5.22. The molecule has 1 aliphatic heterocycles. The van der Waals surface area contributed by atoms with Crippen LogP contribution in [0.2, 0.25) is 0 Å². The molecule has 3 rings (SSSR count). The summed E-state index contributed by atoms with van der Waals surface area (Å²) >= 11 is 0. The van der Waals surface area contributed by atoms with Crippen LogP contribution in [0.15, 0.2) is 24.3 Å². The van der Waals surface area contributed by atoms with E-state index in [-0.39, 0.29) is 18.5 Å². The molecular formula is C15H23ClN2O. The Labute approximate surface area is 121 Å². The number of benzene rings is 1. The summed E-state index contributed by atoms with van der Waals surface area (Å²) in [5.74, 6) is 0. The van der Waals surface area contributed by atoms with E-state index in [4.69, 9.17) is 10.5 Å². The molecule has 0 amide bonds. The SMILES string of the molecule is Cl.NCC1CN(C2CCCc3ccccc32)CCO1. The van der Waals surface area contributed by atoms with E-state index in [0.29, 0.717) is 12.6 Å². The molecular weight excluding hydrogens is 260 g/mol. The van der Waals surface area contributed by atoms with E-state index in [1.54, 1.807) is 0 Å². The number of nitrogens with zero attached hydrogens (tertiary/aromatic N) is 1. The Hall–Kier alpha value is -0.610. The van der Waals surface area contributed by atoms with Gasteiger partial charge in [-0.25, -0.2) is 0 Å². The fourth-order valence-electron chi connectivity index (χ4n) is 3.28. The van der Waals surface area contributed by atoms with Crippen molar-refractivity contribution in [2.24, 2.45) is 5.73 Å². The van der Waals surface area contributed by atoms with Crippen molar-refractivity contribution in [3.8, 4) is 0 Å². The van der Waals surface area contributed by atoms with Gasteiger partial charge in [-0.05, 0) is 30.4 Å². The molecule has 0 aromatic heterocycles. The van der Waals surface area contributed by atoms with E-state index in [1.807, 2.05) is 0 Å². The van der Waals surface area contributed by atoms with Crippen LogP contribution in [0, 0.1) is 0 Å². The summed E-state index contributed by atoms with van der Waals surface area (Å²) in [4.78, 5) is 2.57. The number of fused-ring (bicyclic) bond motifs is 1. The van der Waals surface area contributed by atoms with Crippen LogP contribution in [0.25, 0.3) is 0 Å². The van der Waals surface area contributed by atoms with Gasteiger partial charge in [0.05, 0.1) is 12.7 Å². The molecule has 2 unspecified atom stereocenters. The van der Waals surface area contributed by atoms with Gasteiger partial charge in [-0.3, -0.25) is 4.90 Å². The molecule has 0 bridgehead atoms. The zero-order valence-electron chi connectivity index (χ0n) is 11.3. The minimum Gasteiger partial charge on any atom is -0.374 e. The van der Waals surface area contributed by atoms with Crippen LogP contribution < -0.4 is 5.73 Å². The Bertz CT molecular complexity index is 413. The molecule has 4 heteroatoms. The van der Waals surface area contributed by atoms with Crippen molar-refractivity contribution < 1.29 is 4.74 Å². The highest BCUT2D eigenvalue weighted by Gasteiger charge is 2.29. The number of aryl methyl sites for hydroxylation is 1. The number of rotatable bonds is 2. The molecule has 106 valence electrons. The van der Waals surface area contributed by atoms with Crippen molar-refractivity contribution in [1.82, 2.24) is 4.90 Å². The molecule has 2 atom stereocenters. The van der Waals surface area contributed by atoms with Gasteiger partial charge < -0.3 is 10.5 Å². The van der Waals surface area contributed by atoms with Crippen LogP contribution in [0.1, 0.15) is 30.0 Å². The van der Waals surface area contributed by atoms with Crippen molar-refractivity contribution in [1.29, 1.82) is 0 Å². The van der Waals surface area contributed by atoms with Crippen molar-refractivity contribution in [3.63, 3.8) is 0 Å². The molecule has 0 saturated carbocycles. The number of halogens is 1. The Morgan fingerprint density at radius 2 is 2.16 bits per heavy atom. The van der Waals surface area contributed by atoms with Gasteiger partial charge in [-0.2, -0.15) is 0 Å². The fourth-order valence-corrected chi connectivity index (χ4v) is 3.28. The topological polar surface area (TPSA) is 38.5 Å². The van der Waals surface area contributed by atoms with Crippen molar-refractivity contribution in [3.05, 3.63) is 35.4 Å². The molecule has 1 saturated heterocycles. The Morgan fingerprint density at radius 1 is 1.32 bits per heavy atom. The van der Waals surface area contributed by atoms with E-state index in [0.717, 1.165) is 19.7 Å². The lowest BCUT2D eigenvalue weighted by Crippen LogP contribution is -2.47. The predicted molar refractivity (Wildman–Crippen MR) is 79.7 cm³/mol. The quantitative estimate of drug-likeness (QED) is 0.903. The van der Waals surface area contributed by atoms with Gasteiger partial charge >= 0.3 is 0 Å². The summed E-state index contributed by atoms with van der Waals surface area (Å²) in [6.45, 7) is 3.47. The lowest BCUT2D eigenvalue weighted by Gasteiger charge is -2.40. The van der Waals surface area contributed by atoms with Crippen molar-refractivity contribution in [2.45, 2.75) is 31.4 Å². The first-order valence-electron chi connectivity index (χ1n) is 7.02. The van der Waals surface area contributed by atoms with E-state index < -0.39 is 0 Å². The van der Waals surface area contributed by atoms with Gasteiger partial charge in [0.25, 0.3) is 0 Å². The summed E-state index contributed by atoms with van der Waals surface area (Å²) < 4.78 is 5.67. The second kappa shape index (κ2) is 6.71. The largest absolute Gasteiger partial charge is 0.374 e. The molecule has 2 N–H and O–H groups in total. The van der Waals surface area contributed by atoms with Crippen molar-refractivity contribution in [2.75, 3.05) is 26.2 Å². The second-order valence-corrected chi connectivity index (χ2v) is 5.33. The van der Waals surface area contributed by atoms with Gasteiger partial charge in [0.2, 0.25) is 0 Å². The van der Waals surface area contributed by atoms with Crippen LogP contribution in [0.4, 0.5) is 0 Å². The van der Waals surface area contributed by atoms with Gasteiger partial charge in [-0.1, -0.05) is 24.3 Å². The first kappa shape index (κ1) is 14.8. The molecule has 1 aromatic rings. The number of ether oxygens (including phenoxy) is 1. The number of hydrogen-bond acceptors (Lipinski definition) is 3. The monoisotopic (exact) mass is 282 g/mol. The lowest BCUT2D eigenvalue weighted by atomic mass is 9.86. The minimum atomic E-state index is 0. The molecule has 1 aromatic carbocycles. The molecule has 2 aliphatic rings. The van der Waals surface area contributed by atoms with E-state index in [9.17, 15) is 0 Å². The van der Waals surface area contributed by atoms with Crippen LogP contribution in [-0.4, -0.2) is 37.2 Å². The summed E-state index contributed by atoms with van der Waals surface area (Å²) in [5.41, 5.74) is 8.80. The highest BCUT2D eigenvalue weighted by molar-refractivity contribution is 5.85. The first-order valence-corrected chi connectivity index (χ1v) is 7.02. The lowest BCUT2D eigenvalue weighted by molar-refractivity contribution is -0.0414. The van der Waals surface area contributed by atoms with E-state index >= 15 is 0 Å². The maximum Gasteiger partial charge on any atom is 0.0824 e. The molecule has 1 aliphatic carbocycles. The minimum absolute atomic E-state index is 0. The highest BCUT2D eigenvalue weighted by Crippen LogP contribution is 2.34. The van der Waals surface area contributed by atoms with Crippen molar-refractivity contribution >= 4 is 12.4 Å². The highest BCUT2D eigenvalue weighted by atomic mass is 35.5. The number of nitrogens with two attached hydrogens (primary N) is 1. The summed E-state index contributed by atoms with van der Waals surface area (Å²) in [5, 5.41) is 0. The van der Waals surface area contributed by atoms with Crippen LogP contribution >= 0.6 is 12.4 Å². The Balaban J connectivity index is 0.00000133. The average Bonchev–Trinajstić information content (AvgIpc) is 2.47. The standard InChI is InChI=1S/C15H22N2O.ClH/c16-10-13-11-17(8-9-18-13)15-7-3-5-12-4-1-2-6-14(12)15;/h1-2,4,6,13,15H,3,5,7-11,16H2;1H. The normalized spacial score (nSPS) is 27.4. The smallest absolute Gasteiger partial charge is 0.0824 e. The van der Waals surface area contributed by atoms with Crippen LogP contribution in [0.5, 0.6) is 0 Å². The number of morpholine rings is 1. The maximum absolute atomic E-state index is 5.74. The maximum atomic E-state index is 5.74. The number of hydrogen-bond donors (Lipinski definition) is 1. The fraction of sp³-hybridized carbons (Fsp3) is 0.600. The van der Waals surface area contributed by atoms with Gasteiger partial charge in [-0.15, -0.1) is 12.4 Å². The van der Waals surface area contributed by atoms with E-state index in [1.165, 1.54) is 30.4 Å². The third kappa shape index (κ3) is 3.11. The van der Waals surface area contributed by atoms with Gasteiger partial charge in [0.1, 0.15) is 0 Å². The summed E-state index contributed by atoms with van der Waals surface area (Å²) in [6, 6.07) is 9.48. The second-order valence-electron chi connectivity index (χ2n) is 5.33. The summed E-state index contributed by atoms with van der Waals surface area (Å²) in [7, 11) is 0. The molecule has 0 spiro atoms. The Morgan fingerprint density at radius 3 is 3.00 bits per heavy atom. The van der Waals surface area contributed by atoms with E-state index in [2.05, 4.69) is 29.2 Å². The molecule has 3 nitrogen and oxygen atoms in total. The van der Waals surface area contributed by atoms with Gasteiger partial charge in [0.15, 0.2) is 0 Å². The zero-order chi connectivity index (χ0) is 12.4. The molecule has 0 radical (unpaired) electrons. The van der Waals surface area contributed by atoms with Crippen LogP contribution in [-0.2, 0) is 11.2 Å². The third-order valence-corrected chi connectivity index (χ3v) is 4.21. The van der Waals surface area contributed by atoms with Gasteiger partial charge in [0, 0.05) is 25.7 Å². The molecule has 19 heavy (non-hydrogen) atoms. The molecule has 1 fully saturated rings. The molecule has 1 heterocycles. The predicted octanol–water partition coefficient (Wildman–Crippen LogP) is 2.15. The van der Waals surface area contributed by atoms with Crippen LogP contribution in [0.3, 0.4) is 0 Å². The average molecular weight is 283 g/mol. The zero-order valence-corrected chi connectivity index (χ0v) is 12.1. The summed E-state index contributed by atoms with van der Waals surface area (Å²) in [6.07, 6.45) is 4.02. The first-order chi connectivity index (χ1) is 8.88. The third-order valence-electron chi connectivity index (χ3n) is 4.21.